The maximum Gasteiger partial charge on any atom is 0.311 e. The smallest absolute Gasteiger partial charge is 0.311 e. The second-order valence-electron chi connectivity index (χ2n) is 14.0. The Labute approximate surface area is 331 Å². The summed E-state index contributed by atoms with van der Waals surface area (Å²) in [5.41, 5.74) is 3.57. The normalized spacial score (nSPS) is 10.8. The van der Waals surface area contributed by atoms with Crippen LogP contribution in [0.25, 0.3) is 11.4 Å². The molecule has 0 radical (unpaired) electrons. The number of carbonyl (C=O) groups is 1. The van der Waals surface area contributed by atoms with Crippen molar-refractivity contribution in [1.29, 1.82) is 0 Å². The van der Waals surface area contributed by atoms with Gasteiger partial charge in [-0.1, -0.05) is 108 Å². The largest absolute Gasteiger partial charge is 0.494 e. The van der Waals surface area contributed by atoms with E-state index in [0.717, 1.165) is 113 Å². The van der Waals surface area contributed by atoms with Crippen molar-refractivity contribution in [2.24, 2.45) is 0 Å². The number of hydrogen-bond acceptors (Lipinski definition) is 9. The minimum absolute atomic E-state index is 0.210. The molecule has 0 fully saturated rings. The van der Waals surface area contributed by atoms with Gasteiger partial charge in [0.2, 0.25) is 0 Å². The SMILES string of the molecule is CCCCCCCOc1ccc(CCCCc2ncc(OC(=O)CCCCC)cn2)cc1.CCCCOCCCCOc1cnc(-c2ccc(C)cc2)nc1. The number of rotatable bonds is 27. The summed E-state index contributed by atoms with van der Waals surface area (Å²) in [6.45, 7) is 11.7. The lowest BCUT2D eigenvalue weighted by Crippen LogP contribution is -2.08. The minimum atomic E-state index is -0.210. The van der Waals surface area contributed by atoms with Gasteiger partial charge in [0, 0.05) is 31.6 Å². The second kappa shape index (κ2) is 29.0. The van der Waals surface area contributed by atoms with Gasteiger partial charge < -0.3 is 18.9 Å². The third kappa shape index (κ3) is 20.8. The first-order valence-corrected chi connectivity index (χ1v) is 20.8. The summed E-state index contributed by atoms with van der Waals surface area (Å²) in [5.74, 6) is 3.41. The Morgan fingerprint density at radius 3 is 1.78 bits per heavy atom. The molecule has 0 saturated heterocycles. The number of nitrogens with zero attached hydrogens (tertiary/aromatic N) is 4. The van der Waals surface area contributed by atoms with Gasteiger partial charge in [0.1, 0.15) is 11.6 Å². The molecule has 0 N–H and O–H groups in total. The highest BCUT2D eigenvalue weighted by atomic mass is 16.5. The van der Waals surface area contributed by atoms with Crippen molar-refractivity contribution in [3.05, 3.63) is 90.3 Å². The topological polar surface area (TPSA) is 106 Å². The molecule has 2 heterocycles. The highest BCUT2D eigenvalue weighted by Crippen LogP contribution is 2.18. The van der Waals surface area contributed by atoms with Gasteiger partial charge in [-0.15, -0.1) is 0 Å². The zero-order valence-corrected chi connectivity index (χ0v) is 34.1. The number of carbonyl (C=O) groups excluding carboxylic acids is 1. The number of hydrogen-bond donors (Lipinski definition) is 0. The number of esters is 1. The lowest BCUT2D eigenvalue weighted by atomic mass is 10.1. The molecule has 55 heavy (non-hydrogen) atoms. The lowest BCUT2D eigenvalue weighted by molar-refractivity contribution is -0.134. The molecule has 0 bridgehead atoms. The van der Waals surface area contributed by atoms with Crippen LogP contribution in [0, 0.1) is 6.92 Å². The quantitative estimate of drug-likeness (QED) is 0.0434. The van der Waals surface area contributed by atoms with Crippen molar-refractivity contribution in [2.75, 3.05) is 26.4 Å². The Balaban J connectivity index is 0.000000311. The molecule has 0 atom stereocenters. The first-order chi connectivity index (χ1) is 27.0. The number of aromatic nitrogens is 4. The molecule has 0 saturated carbocycles. The third-order valence-corrected chi connectivity index (χ3v) is 8.99. The van der Waals surface area contributed by atoms with Gasteiger partial charge >= 0.3 is 5.97 Å². The molecule has 0 aliphatic heterocycles. The summed E-state index contributed by atoms with van der Waals surface area (Å²) >= 11 is 0. The van der Waals surface area contributed by atoms with E-state index in [1.807, 2.05) is 12.1 Å². The first-order valence-electron chi connectivity index (χ1n) is 20.8. The fourth-order valence-electron chi connectivity index (χ4n) is 5.57. The molecule has 0 spiro atoms. The van der Waals surface area contributed by atoms with Crippen LogP contribution < -0.4 is 14.2 Å². The summed E-state index contributed by atoms with van der Waals surface area (Å²) in [6.07, 6.45) is 24.7. The molecule has 0 amide bonds. The van der Waals surface area contributed by atoms with Gasteiger partial charge in [-0.2, -0.15) is 0 Å². The molecule has 0 aliphatic rings. The van der Waals surface area contributed by atoms with Crippen molar-refractivity contribution in [3.8, 4) is 28.6 Å². The number of benzene rings is 2. The Bertz CT molecular complexity index is 1530. The molecular weight excluding hydrogens is 689 g/mol. The van der Waals surface area contributed by atoms with Gasteiger partial charge in [0.25, 0.3) is 0 Å². The second-order valence-corrected chi connectivity index (χ2v) is 14.0. The minimum Gasteiger partial charge on any atom is -0.494 e. The van der Waals surface area contributed by atoms with Crippen LogP contribution in [0.4, 0.5) is 0 Å². The summed E-state index contributed by atoms with van der Waals surface area (Å²) in [4.78, 5) is 29.1. The van der Waals surface area contributed by atoms with Gasteiger partial charge in [-0.3, -0.25) is 4.79 Å². The first kappa shape index (κ1) is 45.0. The molecule has 4 rings (SSSR count). The van der Waals surface area contributed by atoms with Gasteiger partial charge in [0.15, 0.2) is 17.3 Å². The van der Waals surface area contributed by atoms with Crippen LogP contribution in [0.15, 0.2) is 73.3 Å². The van der Waals surface area contributed by atoms with Crippen LogP contribution in [0.3, 0.4) is 0 Å². The molecule has 2 aromatic carbocycles. The molecule has 9 heteroatoms. The average molecular weight is 755 g/mol. The van der Waals surface area contributed by atoms with Gasteiger partial charge in [-0.05, 0) is 76.0 Å². The van der Waals surface area contributed by atoms with Crippen molar-refractivity contribution >= 4 is 5.97 Å². The summed E-state index contributed by atoms with van der Waals surface area (Å²) in [6, 6.07) is 16.7. The zero-order valence-electron chi connectivity index (χ0n) is 34.1. The predicted molar refractivity (Wildman–Crippen MR) is 222 cm³/mol. The highest BCUT2D eigenvalue weighted by Gasteiger charge is 2.07. The van der Waals surface area contributed by atoms with E-state index in [1.54, 1.807) is 24.8 Å². The summed E-state index contributed by atoms with van der Waals surface area (Å²) in [5, 5.41) is 0. The third-order valence-electron chi connectivity index (χ3n) is 8.99. The number of aryl methyl sites for hydroxylation is 3. The maximum absolute atomic E-state index is 11.8. The Morgan fingerprint density at radius 1 is 0.527 bits per heavy atom. The Hall–Kier alpha value is -4.37. The van der Waals surface area contributed by atoms with E-state index in [1.165, 1.54) is 43.2 Å². The van der Waals surface area contributed by atoms with Crippen molar-refractivity contribution in [3.63, 3.8) is 0 Å². The van der Waals surface area contributed by atoms with E-state index in [9.17, 15) is 4.79 Å². The monoisotopic (exact) mass is 755 g/mol. The van der Waals surface area contributed by atoms with Crippen molar-refractivity contribution in [1.82, 2.24) is 19.9 Å². The van der Waals surface area contributed by atoms with E-state index in [4.69, 9.17) is 18.9 Å². The van der Waals surface area contributed by atoms with E-state index in [2.05, 4.69) is 84.0 Å². The van der Waals surface area contributed by atoms with Crippen molar-refractivity contribution < 1.29 is 23.7 Å². The van der Waals surface area contributed by atoms with Gasteiger partial charge in [0.05, 0.1) is 38.0 Å². The molecule has 300 valence electrons. The number of unbranched alkanes of at least 4 members (excludes halogenated alkanes) is 9. The van der Waals surface area contributed by atoms with Crippen LogP contribution in [0.1, 0.15) is 134 Å². The van der Waals surface area contributed by atoms with E-state index in [-0.39, 0.29) is 5.97 Å². The van der Waals surface area contributed by atoms with E-state index < -0.39 is 0 Å². The molecule has 2 aromatic heterocycles. The molecule has 0 aliphatic carbocycles. The molecular formula is C46H66N4O5. The zero-order chi connectivity index (χ0) is 39.2. The average Bonchev–Trinajstić information content (AvgIpc) is 3.21. The standard InChI is InChI=1S/C27H40N2O3.C19H26N2O2/c1-3-5-7-8-12-20-31-24-18-16-23(17-19-24)13-10-11-14-26-28-21-25(22-29-26)32-27(30)15-9-6-4-2;1-3-4-11-22-12-5-6-13-23-18-14-20-19(21-15-18)17-9-7-16(2)8-10-17/h16-19,21-22H,3-15,20H2,1-2H3;7-10,14-15H,3-6,11-13H2,1-2H3. The molecule has 4 aromatic rings. The Kier molecular flexibility index (Phi) is 23.7. The predicted octanol–water partition coefficient (Wildman–Crippen LogP) is 11.3. The summed E-state index contributed by atoms with van der Waals surface area (Å²) < 4.78 is 22.3. The van der Waals surface area contributed by atoms with Crippen LogP contribution in [0.5, 0.6) is 17.2 Å². The van der Waals surface area contributed by atoms with E-state index >= 15 is 0 Å². The fourth-order valence-corrected chi connectivity index (χ4v) is 5.57. The molecule has 0 unspecified atom stereocenters. The molecule has 9 nitrogen and oxygen atoms in total. The Morgan fingerprint density at radius 2 is 1.09 bits per heavy atom. The van der Waals surface area contributed by atoms with Crippen molar-refractivity contribution in [2.45, 2.75) is 137 Å². The van der Waals surface area contributed by atoms with Gasteiger partial charge in [-0.25, -0.2) is 19.9 Å². The van der Waals surface area contributed by atoms with Crippen LogP contribution in [0.2, 0.25) is 0 Å². The van der Waals surface area contributed by atoms with Crippen LogP contribution in [-0.4, -0.2) is 52.3 Å². The van der Waals surface area contributed by atoms with Crippen LogP contribution >= 0.6 is 0 Å². The van der Waals surface area contributed by atoms with Crippen LogP contribution in [-0.2, 0) is 22.4 Å². The summed E-state index contributed by atoms with van der Waals surface area (Å²) in [7, 11) is 0. The lowest BCUT2D eigenvalue weighted by Gasteiger charge is -2.07. The highest BCUT2D eigenvalue weighted by molar-refractivity contribution is 5.72. The fraction of sp³-hybridized carbons (Fsp3) is 0.543. The number of ether oxygens (including phenoxy) is 4. The van der Waals surface area contributed by atoms with E-state index in [0.29, 0.717) is 24.5 Å². The maximum atomic E-state index is 11.8.